The third kappa shape index (κ3) is 4.60. The average molecular weight is 343 g/mol. The molecule has 0 aliphatic carbocycles. The van der Waals surface area contributed by atoms with Gasteiger partial charge in [0.2, 0.25) is 0 Å². The third-order valence-corrected chi connectivity index (χ3v) is 4.31. The van der Waals surface area contributed by atoms with Crippen LogP contribution in [0.5, 0.6) is 11.5 Å². The number of aromatic hydroxyl groups is 2. The summed E-state index contributed by atoms with van der Waals surface area (Å²) in [6, 6.07) is 8.33. The van der Waals surface area contributed by atoms with Gasteiger partial charge in [0.05, 0.1) is 0 Å². The van der Waals surface area contributed by atoms with E-state index in [1.807, 2.05) is 12.1 Å². The predicted octanol–water partition coefficient (Wildman–Crippen LogP) is 2.51. The maximum atomic E-state index is 11.9. The summed E-state index contributed by atoms with van der Waals surface area (Å²) in [7, 11) is 0. The summed E-state index contributed by atoms with van der Waals surface area (Å²) in [6.07, 6.45) is 4.38. The van der Waals surface area contributed by atoms with E-state index in [-0.39, 0.29) is 17.4 Å². The van der Waals surface area contributed by atoms with E-state index in [0.29, 0.717) is 19.6 Å². The molecule has 7 heteroatoms. The Morgan fingerprint density at radius 3 is 2.60 bits per heavy atom. The lowest BCUT2D eigenvalue weighted by Gasteiger charge is -2.30. The van der Waals surface area contributed by atoms with Crippen LogP contribution in [0.3, 0.4) is 0 Å². The van der Waals surface area contributed by atoms with Gasteiger partial charge in [0.1, 0.15) is 11.5 Å². The minimum atomic E-state index is -0.484. The maximum absolute atomic E-state index is 11.9. The zero-order chi connectivity index (χ0) is 17.6. The van der Waals surface area contributed by atoms with Gasteiger partial charge in [-0.2, -0.15) is 0 Å². The first-order valence-corrected chi connectivity index (χ1v) is 8.23. The number of nitrogens with one attached hydrogen (secondary N) is 1. The van der Waals surface area contributed by atoms with E-state index in [0.717, 1.165) is 24.0 Å². The van der Waals surface area contributed by atoms with Crippen molar-refractivity contribution in [1.82, 2.24) is 15.4 Å². The molecule has 0 radical (unpaired) electrons. The molecule has 1 saturated heterocycles. The first-order valence-electron chi connectivity index (χ1n) is 8.23. The molecular formula is C18H21N3O4. The Kier molecular flexibility index (Phi) is 5.35. The van der Waals surface area contributed by atoms with E-state index in [2.05, 4.69) is 10.3 Å². The highest BCUT2D eigenvalue weighted by Crippen LogP contribution is 2.35. The van der Waals surface area contributed by atoms with Gasteiger partial charge in [0.25, 0.3) is 0 Å². The van der Waals surface area contributed by atoms with Crippen molar-refractivity contribution in [2.24, 2.45) is 0 Å². The van der Waals surface area contributed by atoms with E-state index in [1.54, 1.807) is 29.6 Å². The number of hydrogen-bond acceptors (Lipinski definition) is 6. The number of benzene rings is 1. The SMILES string of the molecule is O=C(NCc1ccncc1)ON1CCC(c2ccc(O)cc2O)CC1. The number of phenols is 2. The summed E-state index contributed by atoms with van der Waals surface area (Å²) in [4.78, 5) is 21.1. The summed E-state index contributed by atoms with van der Waals surface area (Å²) in [5.74, 6) is 0.336. The van der Waals surface area contributed by atoms with Crippen molar-refractivity contribution in [2.75, 3.05) is 13.1 Å². The molecule has 0 bridgehead atoms. The number of amides is 1. The normalized spacial score (nSPS) is 15.7. The number of aromatic nitrogens is 1. The van der Waals surface area contributed by atoms with Crippen LogP contribution in [0.4, 0.5) is 4.79 Å². The van der Waals surface area contributed by atoms with Crippen LogP contribution in [-0.4, -0.2) is 39.4 Å². The molecule has 2 heterocycles. The lowest BCUT2D eigenvalue weighted by molar-refractivity contribution is -0.113. The van der Waals surface area contributed by atoms with Crippen molar-refractivity contribution in [1.29, 1.82) is 0 Å². The van der Waals surface area contributed by atoms with Crippen molar-refractivity contribution >= 4 is 6.09 Å². The van der Waals surface area contributed by atoms with Gasteiger partial charge in [0, 0.05) is 38.1 Å². The highest BCUT2D eigenvalue weighted by atomic mass is 16.7. The Morgan fingerprint density at radius 2 is 1.92 bits per heavy atom. The predicted molar refractivity (Wildman–Crippen MR) is 90.9 cm³/mol. The Morgan fingerprint density at radius 1 is 1.20 bits per heavy atom. The average Bonchev–Trinajstić information content (AvgIpc) is 2.62. The second-order valence-electron chi connectivity index (χ2n) is 6.03. The molecule has 0 unspecified atom stereocenters. The maximum Gasteiger partial charge on any atom is 0.426 e. The molecule has 1 aliphatic rings. The fraction of sp³-hybridized carbons (Fsp3) is 0.333. The Balaban J connectivity index is 1.45. The first kappa shape index (κ1) is 17.0. The van der Waals surface area contributed by atoms with Gasteiger partial charge >= 0.3 is 6.09 Å². The van der Waals surface area contributed by atoms with Crippen LogP contribution in [0.15, 0.2) is 42.7 Å². The second-order valence-corrected chi connectivity index (χ2v) is 6.03. The standard InChI is InChI=1S/C18H21N3O4/c22-15-1-2-16(17(23)11-15)14-5-9-21(10-6-14)25-18(24)20-12-13-3-7-19-8-4-13/h1-4,7-8,11,14,22-23H,5-6,9-10,12H2,(H,20,24). The van der Waals surface area contributed by atoms with E-state index < -0.39 is 6.09 Å². The number of piperidine rings is 1. The van der Waals surface area contributed by atoms with Crippen molar-refractivity contribution in [3.63, 3.8) is 0 Å². The van der Waals surface area contributed by atoms with Crippen molar-refractivity contribution in [3.05, 3.63) is 53.9 Å². The van der Waals surface area contributed by atoms with Crippen LogP contribution >= 0.6 is 0 Å². The Labute approximate surface area is 145 Å². The number of nitrogens with zero attached hydrogens (tertiary/aromatic N) is 2. The molecule has 7 nitrogen and oxygen atoms in total. The number of rotatable bonds is 4. The molecule has 1 aliphatic heterocycles. The van der Waals surface area contributed by atoms with E-state index in [1.165, 1.54) is 6.07 Å². The number of carbonyl (C=O) groups is 1. The van der Waals surface area contributed by atoms with Crippen LogP contribution in [0, 0.1) is 0 Å². The van der Waals surface area contributed by atoms with Gasteiger partial charge in [-0.05, 0) is 48.1 Å². The molecule has 1 fully saturated rings. The molecule has 0 saturated carbocycles. The van der Waals surface area contributed by atoms with Crippen molar-refractivity contribution in [2.45, 2.75) is 25.3 Å². The van der Waals surface area contributed by atoms with Crippen LogP contribution in [-0.2, 0) is 11.4 Å². The van der Waals surface area contributed by atoms with Crippen molar-refractivity contribution in [3.8, 4) is 11.5 Å². The molecule has 1 aromatic heterocycles. The summed E-state index contributed by atoms with van der Waals surface area (Å²) in [5, 5.41) is 23.7. The molecule has 132 valence electrons. The van der Waals surface area contributed by atoms with Gasteiger partial charge in [-0.25, -0.2) is 4.79 Å². The van der Waals surface area contributed by atoms with E-state index in [9.17, 15) is 15.0 Å². The monoisotopic (exact) mass is 343 g/mol. The molecule has 3 rings (SSSR count). The highest BCUT2D eigenvalue weighted by Gasteiger charge is 2.25. The van der Waals surface area contributed by atoms with Gasteiger partial charge in [-0.15, -0.1) is 5.06 Å². The summed E-state index contributed by atoms with van der Waals surface area (Å²) >= 11 is 0. The topological polar surface area (TPSA) is 94.9 Å². The minimum absolute atomic E-state index is 0.0490. The Bertz CT molecular complexity index is 716. The molecule has 0 atom stereocenters. The number of phenolic OH excluding ortho intramolecular Hbond substituents is 2. The lowest BCUT2D eigenvalue weighted by atomic mass is 9.89. The number of pyridine rings is 1. The molecule has 25 heavy (non-hydrogen) atoms. The zero-order valence-electron chi connectivity index (χ0n) is 13.8. The lowest BCUT2D eigenvalue weighted by Crippen LogP contribution is -2.38. The molecule has 1 aromatic carbocycles. The number of hydrogen-bond donors (Lipinski definition) is 3. The minimum Gasteiger partial charge on any atom is -0.508 e. The molecule has 0 spiro atoms. The van der Waals surface area contributed by atoms with Crippen LogP contribution < -0.4 is 5.32 Å². The van der Waals surface area contributed by atoms with Gasteiger partial charge in [-0.1, -0.05) is 6.07 Å². The largest absolute Gasteiger partial charge is 0.508 e. The Hall–Kier alpha value is -2.80. The molecule has 1 amide bonds. The third-order valence-electron chi connectivity index (χ3n) is 4.31. The van der Waals surface area contributed by atoms with Crippen LogP contribution in [0.1, 0.15) is 29.9 Å². The fourth-order valence-electron chi connectivity index (χ4n) is 2.96. The smallest absolute Gasteiger partial charge is 0.426 e. The molecular weight excluding hydrogens is 322 g/mol. The second kappa shape index (κ2) is 7.85. The summed E-state index contributed by atoms with van der Waals surface area (Å²) < 4.78 is 0. The van der Waals surface area contributed by atoms with Crippen LogP contribution in [0.25, 0.3) is 0 Å². The number of carbonyl (C=O) groups excluding carboxylic acids is 1. The van der Waals surface area contributed by atoms with E-state index in [4.69, 9.17) is 4.84 Å². The van der Waals surface area contributed by atoms with Gasteiger partial charge in [-0.3, -0.25) is 4.98 Å². The molecule has 3 N–H and O–H groups in total. The first-order chi connectivity index (χ1) is 12.1. The van der Waals surface area contributed by atoms with E-state index >= 15 is 0 Å². The number of hydroxylamine groups is 2. The van der Waals surface area contributed by atoms with Crippen molar-refractivity contribution < 1.29 is 19.8 Å². The summed E-state index contributed by atoms with van der Waals surface area (Å²) in [6.45, 7) is 1.57. The zero-order valence-corrected chi connectivity index (χ0v) is 13.8. The van der Waals surface area contributed by atoms with Gasteiger partial charge in [0.15, 0.2) is 0 Å². The van der Waals surface area contributed by atoms with Gasteiger partial charge < -0.3 is 20.4 Å². The quantitative estimate of drug-likeness (QED) is 0.790. The summed E-state index contributed by atoms with van der Waals surface area (Å²) in [5.41, 5.74) is 1.77. The molecule has 2 aromatic rings. The van der Waals surface area contributed by atoms with Crippen LogP contribution in [0.2, 0.25) is 0 Å². The highest BCUT2D eigenvalue weighted by molar-refractivity contribution is 5.66. The fourth-order valence-corrected chi connectivity index (χ4v) is 2.96.